The van der Waals surface area contributed by atoms with Crippen molar-refractivity contribution in [3.8, 4) is 0 Å². The van der Waals surface area contributed by atoms with E-state index in [1.165, 1.54) is 24.1 Å². The molecule has 0 spiro atoms. The summed E-state index contributed by atoms with van der Waals surface area (Å²) in [5.74, 6) is 0.856. The third-order valence-electron chi connectivity index (χ3n) is 3.27. The average Bonchev–Trinajstić information content (AvgIpc) is 2.83. The van der Waals surface area contributed by atoms with E-state index in [1.54, 1.807) is 0 Å². The van der Waals surface area contributed by atoms with Crippen molar-refractivity contribution in [2.24, 2.45) is 7.05 Å². The minimum atomic E-state index is 0.333. The summed E-state index contributed by atoms with van der Waals surface area (Å²) in [6.07, 6.45) is 4.73. The van der Waals surface area contributed by atoms with Gasteiger partial charge in [0.2, 0.25) is 0 Å². The summed E-state index contributed by atoms with van der Waals surface area (Å²) in [6, 6.07) is 0. The number of aromatic nitrogens is 2. The Labute approximate surface area is 85.3 Å². The Morgan fingerprint density at radius 1 is 1.50 bits per heavy atom. The van der Waals surface area contributed by atoms with E-state index in [-0.39, 0.29) is 0 Å². The van der Waals surface area contributed by atoms with Crippen LogP contribution < -0.4 is 5.73 Å². The summed E-state index contributed by atoms with van der Waals surface area (Å²) in [4.78, 5) is 0. The molecule has 0 amide bonds. The molecule has 0 saturated heterocycles. The van der Waals surface area contributed by atoms with Gasteiger partial charge in [-0.1, -0.05) is 20.3 Å². The van der Waals surface area contributed by atoms with E-state index in [1.807, 2.05) is 11.7 Å². The van der Waals surface area contributed by atoms with Crippen molar-refractivity contribution in [1.82, 2.24) is 9.78 Å². The van der Waals surface area contributed by atoms with Gasteiger partial charge in [0.15, 0.2) is 0 Å². The fourth-order valence-corrected chi connectivity index (χ4v) is 1.99. The first kappa shape index (κ1) is 9.56. The van der Waals surface area contributed by atoms with E-state index in [4.69, 9.17) is 5.73 Å². The third kappa shape index (κ3) is 1.31. The van der Waals surface area contributed by atoms with Gasteiger partial charge in [-0.05, 0) is 19.3 Å². The molecule has 78 valence electrons. The molecule has 1 aromatic heterocycles. The van der Waals surface area contributed by atoms with Gasteiger partial charge >= 0.3 is 0 Å². The number of hydrogen-bond acceptors (Lipinski definition) is 2. The Bertz CT molecular complexity index is 348. The number of nitrogen functional groups attached to an aromatic ring is 1. The van der Waals surface area contributed by atoms with Gasteiger partial charge in [-0.15, -0.1) is 0 Å². The van der Waals surface area contributed by atoms with Gasteiger partial charge in [0, 0.05) is 18.0 Å². The Kier molecular flexibility index (Phi) is 2.05. The molecule has 2 rings (SSSR count). The zero-order valence-electron chi connectivity index (χ0n) is 9.30. The molecule has 1 fully saturated rings. The lowest BCUT2D eigenvalue weighted by Gasteiger charge is -2.07. The predicted octanol–water partition coefficient (Wildman–Crippen LogP) is 2.01. The fourth-order valence-electron chi connectivity index (χ4n) is 1.99. The molecule has 0 aliphatic heterocycles. The zero-order valence-corrected chi connectivity index (χ0v) is 9.30. The number of hydrogen-bond donors (Lipinski definition) is 1. The van der Waals surface area contributed by atoms with Crippen molar-refractivity contribution < 1.29 is 0 Å². The van der Waals surface area contributed by atoms with Gasteiger partial charge in [-0.2, -0.15) is 5.10 Å². The molecule has 1 heterocycles. The first-order valence-corrected chi connectivity index (χ1v) is 5.40. The van der Waals surface area contributed by atoms with Gasteiger partial charge in [-0.25, -0.2) is 0 Å². The van der Waals surface area contributed by atoms with E-state index < -0.39 is 0 Å². The van der Waals surface area contributed by atoms with E-state index in [9.17, 15) is 0 Å². The van der Waals surface area contributed by atoms with Crippen LogP contribution in [0.15, 0.2) is 0 Å². The van der Waals surface area contributed by atoms with Crippen molar-refractivity contribution in [2.45, 2.75) is 44.9 Å². The van der Waals surface area contributed by atoms with Crippen LogP contribution in [-0.4, -0.2) is 9.78 Å². The number of anilines is 1. The molecule has 1 saturated carbocycles. The molecule has 0 unspecified atom stereocenters. The molecule has 1 aromatic rings. The number of rotatable bonds is 3. The Balaban J connectivity index is 2.43. The lowest BCUT2D eigenvalue weighted by atomic mass is 9.98. The molecular weight excluding hydrogens is 174 g/mol. The average molecular weight is 193 g/mol. The van der Waals surface area contributed by atoms with Crippen LogP contribution in [0.5, 0.6) is 0 Å². The fraction of sp³-hybridized carbons (Fsp3) is 0.727. The second-order valence-corrected chi connectivity index (χ2v) is 4.65. The van der Waals surface area contributed by atoms with Crippen molar-refractivity contribution in [3.63, 3.8) is 0 Å². The molecule has 0 radical (unpaired) electrons. The molecule has 14 heavy (non-hydrogen) atoms. The molecule has 3 nitrogen and oxygen atoms in total. The van der Waals surface area contributed by atoms with Crippen LogP contribution >= 0.6 is 0 Å². The highest BCUT2D eigenvalue weighted by Crippen LogP contribution is 2.49. The molecule has 2 N–H and O–H groups in total. The van der Waals surface area contributed by atoms with Crippen LogP contribution in [-0.2, 0) is 18.9 Å². The number of nitrogens with two attached hydrogens (primary N) is 1. The SMILES string of the molecule is CCCc1c(C2(C)CC2)nn(C)c1N. The lowest BCUT2D eigenvalue weighted by Crippen LogP contribution is -2.05. The number of aryl methyl sites for hydroxylation is 1. The summed E-state index contributed by atoms with van der Waals surface area (Å²) >= 11 is 0. The first-order valence-electron chi connectivity index (χ1n) is 5.40. The molecule has 0 atom stereocenters. The summed E-state index contributed by atoms with van der Waals surface area (Å²) in [5, 5.41) is 4.55. The van der Waals surface area contributed by atoms with Crippen molar-refractivity contribution in [1.29, 1.82) is 0 Å². The lowest BCUT2D eigenvalue weighted by molar-refractivity contribution is 0.680. The minimum Gasteiger partial charge on any atom is -0.384 e. The molecule has 3 heteroatoms. The van der Waals surface area contributed by atoms with Crippen LogP contribution in [0.2, 0.25) is 0 Å². The molecule has 1 aliphatic carbocycles. The standard InChI is InChI=1S/C11H19N3/c1-4-5-8-9(11(2)6-7-11)13-14(3)10(8)12/h4-7,12H2,1-3H3. The largest absolute Gasteiger partial charge is 0.384 e. The predicted molar refractivity (Wildman–Crippen MR) is 58.2 cm³/mol. The minimum absolute atomic E-state index is 0.333. The quantitative estimate of drug-likeness (QED) is 0.798. The van der Waals surface area contributed by atoms with Gasteiger partial charge in [0.25, 0.3) is 0 Å². The van der Waals surface area contributed by atoms with Gasteiger partial charge in [0.05, 0.1) is 5.69 Å². The van der Waals surface area contributed by atoms with Crippen molar-refractivity contribution in [3.05, 3.63) is 11.3 Å². The molecule has 1 aliphatic rings. The van der Waals surface area contributed by atoms with E-state index >= 15 is 0 Å². The maximum absolute atomic E-state index is 6.01. The Morgan fingerprint density at radius 2 is 2.14 bits per heavy atom. The van der Waals surface area contributed by atoms with E-state index in [0.29, 0.717) is 5.41 Å². The van der Waals surface area contributed by atoms with Crippen LogP contribution in [0.25, 0.3) is 0 Å². The highest BCUT2D eigenvalue weighted by molar-refractivity contribution is 5.47. The number of nitrogens with zero attached hydrogens (tertiary/aromatic N) is 2. The summed E-state index contributed by atoms with van der Waals surface area (Å²) in [6.45, 7) is 4.47. The normalized spacial score (nSPS) is 18.5. The second kappa shape index (κ2) is 3.01. The molecular formula is C11H19N3. The van der Waals surface area contributed by atoms with Crippen LogP contribution in [0.1, 0.15) is 44.4 Å². The topological polar surface area (TPSA) is 43.8 Å². The van der Waals surface area contributed by atoms with E-state index in [2.05, 4.69) is 18.9 Å². The molecule has 0 aromatic carbocycles. The van der Waals surface area contributed by atoms with Gasteiger partial charge in [-0.3, -0.25) is 4.68 Å². The first-order chi connectivity index (χ1) is 6.58. The highest BCUT2D eigenvalue weighted by atomic mass is 15.3. The maximum Gasteiger partial charge on any atom is 0.124 e. The van der Waals surface area contributed by atoms with Crippen LogP contribution in [0.3, 0.4) is 0 Å². The Hall–Kier alpha value is -0.990. The summed E-state index contributed by atoms with van der Waals surface area (Å²) in [7, 11) is 1.93. The van der Waals surface area contributed by atoms with Crippen molar-refractivity contribution in [2.75, 3.05) is 5.73 Å². The van der Waals surface area contributed by atoms with Crippen LogP contribution in [0, 0.1) is 0 Å². The van der Waals surface area contributed by atoms with E-state index in [0.717, 1.165) is 18.7 Å². The molecule has 0 bridgehead atoms. The zero-order chi connectivity index (χ0) is 10.3. The van der Waals surface area contributed by atoms with Gasteiger partial charge < -0.3 is 5.73 Å². The third-order valence-corrected chi connectivity index (χ3v) is 3.27. The maximum atomic E-state index is 6.01. The smallest absolute Gasteiger partial charge is 0.124 e. The van der Waals surface area contributed by atoms with Gasteiger partial charge in [0.1, 0.15) is 5.82 Å². The van der Waals surface area contributed by atoms with Crippen LogP contribution in [0.4, 0.5) is 5.82 Å². The Morgan fingerprint density at radius 3 is 2.64 bits per heavy atom. The summed E-state index contributed by atoms with van der Waals surface area (Å²) < 4.78 is 1.82. The highest BCUT2D eigenvalue weighted by Gasteiger charge is 2.43. The van der Waals surface area contributed by atoms with Crippen molar-refractivity contribution >= 4 is 5.82 Å². The monoisotopic (exact) mass is 193 g/mol. The second-order valence-electron chi connectivity index (χ2n) is 4.65. The summed E-state index contributed by atoms with van der Waals surface area (Å²) in [5.41, 5.74) is 8.88.